The summed E-state index contributed by atoms with van der Waals surface area (Å²) in [6, 6.07) is 11.7. The lowest BCUT2D eigenvalue weighted by molar-refractivity contribution is -0.152. The topological polar surface area (TPSA) is 107 Å². The lowest BCUT2D eigenvalue weighted by Crippen LogP contribution is -2.55. The van der Waals surface area contributed by atoms with Crippen molar-refractivity contribution in [2.45, 2.75) is 46.0 Å². The molecule has 7 heteroatoms. The minimum atomic E-state index is -1.39. The summed E-state index contributed by atoms with van der Waals surface area (Å²) in [5.74, 6) is -6.05. The molecule has 2 saturated carbocycles. The zero-order valence-electron chi connectivity index (χ0n) is 22.0. The highest BCUT2D eigenvalue weighted by molar-refractivity contribution is 6.28. The number of ether oxygens (including phenoxy) is 1. The van der Waals surface area contributed by atoms with Crippen LogP contribution < -0.4 is 10.1 Å². The highest BCUT2D eigenvalue weighted by Gasteiger charge is 2.57. The normalized spacial score (nSPS) is 26.3. The predicted octanol–water partition coefficient (Wildman–Crippen LogP) is 4.50. The maximum atomic E-state index is 14.1. The minimum absolute atomic E-state index is 0.0230. The van der Waals surface area contributed by atoms with E-state index in [1.54, 1.807) is 6.07 Å². The van der Waals surface area contributed by atoms with Crippen molar-refractivity contribution >= 4 is 34.6 Å². The Morgan fingerprint density at radius 3 is 2.32 bits per heavy atom. The van der Waals surface area contributed by atoms with Gasteiger partial charge in [0.2, 0.25) is 0 Å². The molecule has 5 unspecified atom stereocenters. The molecule has 0 amide bonds. The molecule has 2 aromatic carbocycles. The van der Waals surface area contributed by atoms with E-state index in [0.717, 1.165) is 35.2 Å². The van der Waals surface area contributed by atoms with Gasteiger partial charge in [-0.3, -0.25) is 24.0 Å². The molecule has 0 aromatic heterocycles. The third kappa shape index (κ3) is 4.28. The SMILES string of the molecule is CCCCOc1ccc(-c2ccc(NC)cc2)c2c1C(=O)C1C(=O)C3C(=O)C(C(C)=O)C(=O)CC3CC1C2. The standard InChI is InChI=1S/C31H33NO6/c1-4-5-12-38-24-11-10-21(17-6-8-20(32-3)9-7-17)22-14-18-13-19-15-23(34)25(16(2)33)29(35)27(19)30(36)26(18)31(37)28(22)24/h6-11,18-19,25-27,32H,4-5,12-15H2,1-3H3. The van der Waals surface area contributed by atoms with Crippen LogP contribution in [-0.2, 0) is 25.6 Å². The van der Waals surface area contributed by atoms with E-state index in [0.29, 0.717) is 30.8 Å². The minimum Gasteiger partial charge on any atom is -0.493 e. The number of carbonyl (C=O) groups is 5. The molecule has 0 aliphatic heterocycles. The molecule has 198 valence electrons. The van der Waals surface area contributed by atoms with Crippen molar-refractivity contribution in [2.24, 2.45) is 29.6 Å². The van der Waals surface area contributed by atoms with Crippen molar-refractivity contribution in [1.82, 2.24) is 0 Å². The number of fused-ring (bicyclic) bond motifs is 3. The number of carbonyl (C=O) groups excluding carboxylic acids is 5. The van der Waals surface area contributed by atoms with Crippen molar-refractivity contribution in [3.8, 4) is 16.9 Å². The summed E-state index contributed by atoms with van der Waals surface area (Å²) in [6.45, 7) is 3.73. The van der Waals surface area contributed by atoms with Gasteiger partial charge in [-0.15, -0.1) is 0 Å². The van der Waals surface area contributed by atoms with Gasteiger partial charge in [0.25, 0.3) is 0 Å². The van der Waals surface area contributed by atoms with Crippen molar-refractivity contribution in [3.05, 3.63) is 47.5 Å². The van der Waals surface area contributed by atoms with Crippen molar-refractivity contribution in [1.29, 1.82) is 0 Å². The Hall–Kier alpha value is -3.61. The fourth-order valence-corrected chi connectivity index (χ4v) is 6.64. The van der Waals surface area contributed by atoms with Crippen LogP contribution in [0.15, 0.2) is 36.4 Å². The predicted molar refractivity (Wildman–Crippen MR) is 142 cm³/mol. The van der Waals surface area contributed by atoms with Gasteiger partial charge < -0.3 is 10.1 Å². The van der Waals surface area contributed by atoms with Crippen molar-refractivity contribution in [3.63, 3.8) is 0 Å². The van der Waals surface area contributed by atoms with Crippen LogP contribution in [0.5, 0.6) is 5.75 Å². The van der Waals surface area contributed by atoms with E-state index in [9.17, 15) is 24.0 Å². The molecule has 3 aliphatic rings. The number of Topliss-reactive ketones (excluding diaryl/α,β-unsaturated/α-hetero) is 5. The lowest BCUT2D eigenvalue weighted by atomic mass is 9.55. The van der Waals surface area contributed by atoms with Gasteiger partial charge in [0.15, 0.2) is 23.1 Å². The molecule has 0 heterocycles. The van der Waals surface area contributed by atoms with E-state index in [-0.39, 0.29) is 18.1 Å². The highest BCUT2D eigenvalue weighted by Crippen LogP contribution is 2.49. The Labute approximate surface area is 222 Å². The van der Waals surface area contributed by atoms with Gasteiger partial charge in [0.1, 0.15) is 17.5 Å². The second kappa shape index (κ2) is 10.3. The Balaban J connectivity index is 1.58. The molecule has 7 nitrogen and oxygen atoms in total. The van der Waals surface area contributed by atoms with Gasteiger partial charge in [0, 0.05) is 19.2 Å². The number of rotatable bonds is 7. The number of ketones is 5. The van der Waals surface area contributed by atoms with E-state index in [1.807, 2.05) is 37.4 Å². The summed E-state index contributed by atoms with van der Waals surface area (Å²) in [5.41, 5.74) is 4.12. The second-order valence-corrected chi connectivity index (χ2v) is 10.8. The average molecular weight is 516 g/mol. The Morgan fingerprint density at radius 2 is 1.66 bits per heavy atom. The molecular weight excluding hydrogens is 482 g/mol. The van der Waals surface area contributed by atoms with E-state index in [4.69, 9.17) is 4.74 Å². The molecule has 0 spiro atoms. The van der Waals surface area contributed by atoms with Crippen LogP contribution in [-0.4, -0.2) is 42.6 Å². The van der Waals surface area contributed by atoms with Crippen LogP contribution in [0.25, 0.3) is 11.1 Å². The first-order chi connectivity index (χ1) is 18.3. The zero-order chi connectivity index (χ0) is 27.1. The van der Waals surface area contributed by atoms with Crippen molar-refractivity contribution < 1.29 is 28.7 Å². The number of hydrogen-bond acceptors (Lipinski definition) is 7. The number of unbranched alkanes of at least 4 members (excludes halogenated alkanes) is 1. The van der Waals surface area contributed by atoms with Gasteiger partial charge in [-0.05, 0) is 72.9 Å². The quantitative estimate of drug-likeness (QED) is 0.427. The Bertz CT molecular complexity index is 1330. The van der Waals surface area contributed by atoms with E-state index < -0.39 is 46.8 Å². The highest BCUT2D eigenvalue weighted by atomic mass is 16.5. The third-order valence-corrected chi connectivity index (χ3v) is 8.45. The van der Waals surface area contributed by atoms with Crippen LogP contribution in [0.3, 0.4) is 0 Å². The summed E-state index contributed by atoms with van der Waals surface area (Å²) in [5, 5.41) is 3.11. The largest absolute Gasteiger partial charge is 0.493 e. The number of nitrogens with one attached hydrogen (secondary N) is 1. The first-order valence-electron chi connectivity index (χ1n) is 13.5. The molecule has 1 N–H and O–H groups in total. The summed E-state index contributed by atoms with van der Waals surface area (Å²) < 4.78 is 6.05. The fourth-order valence-electron chi connectivity index (χ4n) is 6.64. The molecule has 2 aromatic rings. The van der Waals surface area contributed by atoms with Crippen LogP contribution in [0.1, 0.15) is 55.5 Å². The van der Waals surface area contributed by atoms with E-state index in [2.05, 4.69) is 12.2 Å². The molecule has 3 aliphatic carbocycles. The fraction of sp³-hybridized carbons (Fsp3) is 0.452. The molecule has 5 rings (SSSR count). The summed E-state index contributed by atoms with van der Waals surface area (Å²) in [6.07, 6.45) is 2.70. The smallest absolute Gasteiger partial charge is 0.177 e. The van der Waals surface area contributed by atoms with Crippen LogP contribution in [0.2, 0.25) is 0 Å². The maximum Gasteiger partial charge on any atom is 0.177 e. The number of hydrogen-bond donors (Lipinski definition) is 1. The molecule has 0 saturated heterocycles. The molecular formula is C31H33NO6. The first kappa shape index (κ1) is 26.0. The maximum absolute atomic E-state index is 14.1. The number of anilines is 1. The summed E-state index contributed by atoms with van der Waals surface area (Å²) in [7, 11) is 1.85. The molecule has 0 radical (unpaired) electrons. The Kier molecular flexibility index (Phi) is 7.03. The summed E-state index contributed by atoms with van der Waals surface area (Å²) >= 11 is 0. The van der Waals surface area contributed by atoms with E-state index in [1.165, 1.54) is 6.92 Å². The number of benzene rings is 2. The van der Waals surface area contributed by atoms with Crippen LogP contribution in [0, 0.1) is 29.6 Å². The van der Waals surface area contributed by atoms with E-state index >= 15 is 0 Å². The Morgan fingerprint density at radius 1 is 0.947 bits per heavy atom. The molecule has 2 fully saturated rings. The average Bonchev–Trinajstić information content (AvgIpc) is 2.88. The van der Waals surface area contributed by atoms with Gasteiger partial charge >= 0.3 is 0 Å². The van der Waals surface area contributed by atoms with Crippen LogP contribution >= 0.6 is 0 Å². The monoisotopic (exact) mass is 515 g/mol. The zero-order valence-corrected chi connectivity index (χ0v) is 22.0. The molecule has 5 atom stereocenters. The molecule has 0 bridgehead atoms. The summed E-state index contributed by atoms with van der Waals surface area (Å²) in [4.78, 5) is 65.8. The van der Waals surface area contributed by atoms with Gasteiger partial charge in [-0.2, -0.15) is 0 Å². The van der Waals surface area contributed by atoms with Crippen LogP contribution in [0.4, 0.5) is 5.69 Å². The third-order valence-electron chi connectivity index (χ3n) is 8.45. The van der Waals surface area contributed by atoms with Gasteiger partial charge in [-0.1, -0.05) is 31.5 Å². The second-order valence-electron chi connectivity index (χ2n) is 10.8. The van der Waals surface area contributed by atoms with Gasteiger partial charge in [0.05, 0.1) is 24.0 Å². The lowest BCUT2D eigenvalue weighted by Gasteiger charge is -2.44. The first-order valence-corrected chi connectivity index (χ1v) is 13.5. The van der Waals surface area contributed by atoms with Crippen molar-refractivity contribution in [2.75, 3.05) is 19.0 Å². The van der Waals surface area contributed by atoms with Gasteiger partial charge in [-0.25, -0.2) is 0 Å². The molecule has 38 heavy (non-hydrogen) atoms.